The van der Waals surface area contributed by atoms with Crippen molar-refractivity contribution < 1.29 is 9.84 Å². The van der Waals surface area contributed by atoms with Crippen LogP contribution in [0.25, 0.3) is 0 Å². The summed E-state index contributed by atoms with van der Waals surface area (Å²) in [4.78, 5) is 0. The number of aliphatic hydroxyl groups is 1. The number of benzene rings is 1. The van der Waals surface area contributed by atoms with E-state index in [9.17, 15) is 0 Å². The Bertz CT molecular complexity index is 307. The van der Waals surface area contributed by atoms with Crippen molar-refractivity contribution in [2.24, 2.45) is 0 Å². The highest BCUT2D eigenvalue weighted by molar-refractivity contribution is 5.45. The van der Waals surface area contributed by atoms with Crippen LogP contribution in [0.3, 0.4) is 0 Å². The first-order valence-corrected chi connectivity index (χ1v) is 4.63. The zero-order valence-electron chi connectivity index (χ0n) is 7.79. The molecular weight excluding hydrogens is 164 g/mol. The molecule has 1 aliphatic carbocycles. The standard InChI is InChI=1S/C11H14O2/c1-13-11-4-2-3-9-8(7-12)5-6-10(9)11/h2-4,8,12H,5-7H2,1H3/t8-/m1/s1. The monoisotopic (exact) mass is 178 g/mol. The van der Waals surface area contributed by atoms with Gasteiger partial charge in [0.05, 0.1) is 7.11 Å². The van der Waals surface area contributed by atoms with Gasteiger partial charge in [-0.05, 0) is 30.0 Å². The molecule has 1 aromatic carbocycles. The van der Waals surface area contributed by atoms with E-state index in [1.165, 1.54) is 11.1 Å². The smallest absolute Gasteiger partial charge is 0.122 e. The average Bonchev–Trinajstić information content (AvgIpc) is 2.60. The van der Waals surface area contributed by atoms with E-state index >= 15 is 0 Å². The van der Waals surface area contributed by atoms with Gasteiger partial charge in [0, 0.05) is 12.5 Å². The van der Waals surface area contributed by atoms with Crippen LogP contribution < -0.4 is 4.74 Å². The summed E-state index contributed by atoms with van der Waals surface area (Å²) >= 11 is 0. The summed E-state index contributed by atoms with van der Waals surface area (Å²) < 4.78 is 5.27. The minimum atomic E-state index is 0.250. The number of hydrogen-bond acceptors (Lipinski definition) is 2. The highest BCUT2D eigenvalue weighted by Crippen LogP contribution is 2.37. The van der Waals surface area contributed by atoms with E-state index in [0.29, 0.717) is 5.92 Å². The van der Waals surface area contributed by atoms with E-state index < -0.39 is 0 Å². The molecule has 0 saturated heterocycles. The molecule has 2 rings (SSSR count). The van der Waals surface area contributed by atoms with Gasteiger partial charge in [-0.1, -0.05) is 12.1 Å². The summed E-state index contributed by atoms with van der Waals surface area (Å²) in [7, 11) is 1.70. The van der Waals surface area contributed by atoms with Crippen LogP contribution in [-0.4, -0.2) is 18.8 Å². The molecule has 0 aliphatic heterocycles. The lowest BCUT2D eigenvalue weighted by atomic mass is 10.0. The van der Waals surface area contributed by atoms with Crippen molar-refractivity contribution >= 4 is 0 Å². The van der Waals surface area contributed by atoms with Gasteiger partial charge >= 0.3 is 0 Å². The van der Waals surface area contributed by atoms with Crippen molar-refractivity contribution in [2.45, 2.75) is 18.8 Å². The van der Waals surface area contributed by atoms with E-state index in [1.54, 1.807) is 7.11 Å². The minimum Gasteiger partial charge on any atom is -0.496 e. The van der Waals surface area contributed by atoms with Crippen LogP contribution >= 0.6 is 0 Å². The van der Waals surface area contributed by atoms with Gasteiger partial charge in [-0.2, -0.15) is 0 Å². The summed E-state index contributed by atoms with van der Waals surface area (Å²) in [6, 6.07) is 6.07. The Labute approximate surface area is 78.2 Å². The van der Waals surface area contributed by atoms with Gasteiger partial charge in [0.15, 0.2) is 0 Å². The Kier molecular flexibility index (Phi) is 2.23. The Morgan fingerprint density at radius 3 is 3.08 bits per heavy atom. The lowest BCUT2D eigenvalue weighted by molar-refractivity contribution is 0.265. The largest absolute Gasteiger partial charge is 0.496 e. The third kappa shape index (κ3) is 1.31. The number of aliphatic hydroxyl groups excluding tert-OH is 1. The first-order chi connectivity index (χ1) is 6.36. The zero-order chi connectivity index (χ0) is 9.26. The van der Waals surface area contributed by atoms with Crippen molar-refractivity contribution in [3.05, 3.63) is 29.3 Å². The topological polar surface area (TPSA) is 29.5 Å². The molecule has 1 atom stereocenters. The average molecular weight is 178 g/mol. The summed E-state index contributed by atoms with van der Waals surface area (Å²) in [5.74, 6) is 1.29. The maximum absolute atomic E-state index is 9.14. The van der Waals surface area contributed by atoms with E-state index in [4.69, 9.17) is 9.84 Å². The fourth-order valence-electron chi connectivity index (χ4n) is 2.09. The molecular formula is C11H14O2. The molecule has 2 heteroatoms. The lowest BCUT2D eigenvalue weighted by Gasteiger charge is -2.09. The van der Waals surface area contributed by atoms with Crippen molar-refractivity contribution in [2.75, 3.05) is 13.7 Å². The van der Waals surface area contributed by atoms with E-state index in [1.807, 2.05) is 12.1 Å². The summed E-state index contributed by atoms with van der Waals surface area (Å²) in [6.07, 6.45) is 2.08. The number of ether oxygens (including phenoxy) is 1. The third-order valence-corrected chi connectivity index (χ3v) is 2.79. The first-order valence-electron chi connectivity index (χ1n) is 4.63. The third-order valence-electron chi connectivity index (χ3n) is 2.79. The molecule has 1 N–H and O–H groups in total. The van der Waals surface area contributed by atoms with Crippen LogP contribution in [0.15, 0.2) is 18.2 Å². The van der Waals surface area contributed by atoms with E-state index in [0.717, 1.165) is 18.6 Å². The van der Waals surface area contributed by atoms with Crippen LogP contribution in [0, 0.1) is 0 Å². The highest BCUT2D eigenvalue weighted by Gasteiger charge is 2.23. The van der Waals surface area contributed by atoms with Gasteiger partial charge in [0.1, 0.15) is 5.75 Å². The zero-order valence-corrected chi connectivity index (χ0v) is 7.79. The Morgan fingerprint density at radius 1 is 1.54 bits per heavy atom. The maximum atomic E-state index is 9.14. The summed E-state index contributed by atoms with van der Waals surface area (Å²) in [5.41, 5.74) is 2.55. The molecule has 0 spiro atoms. The molecule has 0 saturated carbocycles. The van der Waals surface area contributed by atoms with E-state index in [2.05, 4.69) is 6.07 Å². The molecule has 0 radical (unpaired) electrons. The quantitative estimate of drug-likeness (QED) is 0.747. The van der Waals surface area contributed by atoms with Crippen molar-refractivity contribution in [1.29, 1.82) is 0 Å². The second-order valence-electron chi connectivity index (χ2n) is 3.45. The lowest BCUT2D eigenvalue weighted by Crippen LogP contribution is -1.98. The molecule has 0 aromatic heterocycles. The van der Waals surface area contributed by atoms with Gasteiger partial charge in [-0.3, -0.25) is 0 Å². The van der Waals surface area contributed by atoms with Crippen LogP contribution in [-0.2, 0) is 6.42 Å². The maximum Gasteiger partial charge on any atom is 0.122 e. The fourth-order valence-corrected chi connectivity index (χ4v) is 2.09. The molecule has 70 valence electrons. The van der Waals surface area contributed by atoms with Crippen LogP contribution in [0.5, 0.6) is 5.75 Å². The van der Waals surface area contributed by atoms with Gasteiger partial charge in [-0.15, -0.1) is 0 Å². The van der Waals surface area contributed by atoms with Crippen LogP contribution in [0.2, 0.25) is 0 Å². The molecule has 1 aromatic rings. The number of rotatable bonds is 2. The molecule has 0 bridgehead atoms. The Hall–Kier alpha value is -1.02. The molecule has 2 nitrogen and oxygen atoms in total. The van der Waals surface area contributed by atoms with Gasteiger partial charge in [0.2, 0.25) is 0 Å². The summed E-state index contributed by atoms with van der Waals surface area (Å²) in [6.45, 7) is 0.250. The van der Waals surface area contributed by atoms with Crippen molar-refractivity contribution in [3.63, 3.8) is 0 Å². The van der Waals surface area contributed by atoms with Crippen molar-refractivity contribution in [3.8, 4) is 5.75 Å². The predicted octanol–water partition coefficient (Wildman–Crippen LogP) is 1.72. The number of hydrogen-bond donors (Lipinski definition) is 1. The van der Waals surface area contributed by atoms with E-state index in [-0.39, 0.29) is 6.61 Å². The molecule has 0 unspecified atom stereocenters. The van der Waals surface area contributed by atoms with Gasteiger partial charge in [-0.25, -0.2) is 0 Å². The highest BCUT2D eigenvalue weighted by atomic mass is 16.5. The van der Waals surface area contributed by atoms with Gasteiger partial charge < -0.3 is 9.84 Å². The predicted molar refractivity (Wildman–Crippen MR) is 51.1 cm³/mol. The molecule has 0 heterocycles. The molecule has 13 heavy (non-hydrogen) atoms. The number of methoxy groups -OCH3 is 1. The van der Waals surface area contributed by atoms with Crippen molar-refractivity contribution in [1.82, 2.24) is 0 Å². The molecule has 0 fully saturated rings. The second-order valence-corrected chi connectivity index (χ2v) is 3.45. The fraction of sp³-hybridized carbons (Fsp3) is 0.455. The van der Waals surface area contributed by atoms with Gasteiger partial charge in [0.25, 0.3) is 0 Å². The SMILES string of the molecule is COc1cccc2c1CC[C@@H]2CO. The molecule has 0 amide bonds. The Balaban J connectivity index is 2.43. The van der Waals surface area contributed by atoms with Crippen LogP contribution in [0.1, 0.15) is 23.5 Å². The molecule has 1 aliphatic rings. The normalized spacial score (nSPS) is 20.0. The minimum absolute atomic E-state index is 0.250. The number of fused-ring (bicyclic) bond motifs is 1. The van der Waals surface area contributed by atoms with Crippen LogP contribution in [0.4, 0.5) is 0 Å². The first kappa shape index (κ1) is 8.57. The second kappa shape index (κ2) is 3.38. The summed E-state index contributed by atoms with van der Waals surface area (Å²) in [5, 5.41) is 9.14. The Morgan fingerprint density at radius 2 is 2.38 bits per heavy atom.